The van der Waals surface area contributed by atoms with Crippen molar-refractivity contribution >= 4 is 40.3 Å². The molecule has 2 saturated carbocycles. The van der Waals surface area contributed by atoms with Gasteiger partial charge in [-0.05, 0) is 104 Å². The summed E-state index contributed by atoms with van der Waals surface area (Å²) >= 11 is 0. The molecular weight excluding hydrogens is 626 g/mol. The number of nitrogens with zero attached hydrogens (tertiary/aromatic N) is 2. The number of carboxylic acid groups (broad SMARTS) is 1. The number of likely N-dealkylation sites (N-methyl/N-ethyl adjacent to an activating group) is 1. The lowest BCUT2D eigenvalue weighted by molar-refractivity contribution is -0.131. The number of rotatable bonds is 10. The summed E-state index contributed by atoms with van der Waals surface area (Å²) in [7, 11) is 2.14. The summed E-state index contributed by atoms with van der Waals surface area (Å²) in [5, 5.41) is 13.5. The Morgan fingerprint density at radius 1 is 0.980 bits per heavy atom. The van der Waals surface area contributed by atoms with E-state index in [4.69, 9.17) is 9.84 Å². The molecule has 50 heavy (non-hydrogen) atoms. The largest absolute Gasteiger partial charge is 0.494 e. The molecule has 1 aliphatic heterocycles. The molecule has 1 aromatic heterocycles. The number of fused-ring (bicyclic) bond motifs is 5. The molecule has 2 heterocycles. The van der Waals surface area contributed by atoms with E-state index in [0.29, 0.717) is 30.9 Å². The molecule has 2 fully saturated rings. The highest BCUT2D eigenvalue weighted by molar-refractivity contribution is 6.04. The van der Waals surface area contributed by atoms with Crippen LogP contribution < -0.4 is 15.0 Å². The fourth-order valence-corrected chi connectivity index (χ4v) is 8.29. The number of amides is 1. The van der Waals surface area contributed by atoms with Crippen LogP contribution in [0.5, 0.6) is 5.75 Å². The highest BCUT2D eigenvalue weighted by Gasteiger charge is 2.45. The lowest BCUT2D eigenvalue weighted by atomic mass is 9.72. The number of Topliss-reactive ketones (excluding diaryl/α,β-unsaturated/α-hetero) is 1. The van der Waals surface area contributed by atoms with Crippen molar-refractivity contribution in [3.05, 3.63) is 88.5 Å². The minimum absolute atomic E-state index is 0.0163. The zero-order valence-electron chi connectivity index (χ0n) is 29.4. The summed E-state index contributed by atoms with van der Waals surface area (Å²) in [6, 6.07) is 18.2. The normalized spacial score (nSPS) is 17.1. The lowest BCUT2D eigenvalue weighted by Gasteiger charge is -2.41. The van der Waals surface area contributed by atoms with E-state index in [1.54, 1.807) is 6.08 Å². The first kappa shape index (κ1) is 33.6. The fourth-order valence-electron chi connectivity index (χ4n) is 8.29. The number of benzene rings is 3. The van der Waals surface area contributed by atoms with Gasteiger partial charge in [-0.1, -0.05) is 43.5 Å². The first-order valence-electron chi connectivity index (χ1n) is 18.2. The lowest BCUT2D eigenvalue weighted by Crippen LogP contribution is -2.59. The van der Waals surface area contributed by atoms with Crippen molar-refractivity contribution in [2.45, 2.75) is 89.6 Å². The van der Waals surface area contributed by atoms with Gasteiger partial charge >= 0.3 is 5.97 Å². The third-order valence-electron chi connectivity index (χ3n) is 11.2. The van der Waals surface area contributed by atoms with Gasteiger partial charge in [0, 0.05) is 66.4 Å². The van der Waals surface area contributed by atoms with E-state index < -0.39 is 11.5 Å². The zero-order chi connectivity index (χ0) is 35.0. The molecule has 3 aliphatic rings. The maximum Gasteiger partial charge on any atom is 0.328 e. The Labute approximate surface area is 294 Å². The first-order valence-corrected chi connectivity index (χ1v) is 18.2. The number of carbonyl (C=O) groups is 3. The number of nitrogens with one attached hydrogen (secondary N) is 1. The molecule has 0 spiro atoms. The molecule has 0 unspecified atom stereocenters. The number of aromatic nitrogens is 1. The van der Waals surface area contributed by atoms with E-state index >= 15 is 0 Å². The average molecular weight is 674 g/mol. The van der Waals surface area contributed by atoms with Crippen molar-refractivity contribution in [2.75, 3.05) is 25.1 Å². The molecule has 1 amide bonds. The second kappa shape index (κ2) is 13.8. The van der Waals surface area contributed by atoms with E-state index in [0.717, 1.165) is 59.2 Å². The van der Waals surface area contributed by atoms with Gasteiger partial charge in [0.15, 0.2) is 5.78 Å². The minimum atomic E-state index is -1.02. The maximum atomic E-state index is 14.0. The topological polar surface area (TPSA) is 101 Å². The molecule has 7 rings (SSSR count). The number of aliphatic carboxylic acids is 1. The molecule has 260 valence electrons. The first-order chi connectivity index (χ1) is 24.2. The molecule has 0 bridgehead atoms. The van der Waals surface area contributed by atoms with Crippen molar-refractivity contribution in [3.8, 4) is 17.0 Å². The Hall–Kier alpha value is -4.85. The quantitative estimate of drug-likeness (QED) is 0.165. The molecule has 0 radical (unpaired) electrons. The predicted octanol–water partition coefficient (Wildman–Crippen LogP) is 8.08. The van der Waals surface area contributed by atoms with Gasteiger partial charge in [0.1, 0.15) is 5.75 Å². The summed E-state index contributed by atoms with van der Waals surface area (Å²) in [5.41, 5.74) is 8.24. The molecule has 2 N–H and O–H groups in total. The van der Waals surface area contributed by atoms with Crippen molar-refractivity contribution in [1.29, 1.82) is 0 Å². The molecule has 8 heteroatoms. The van der Waals surface area contributed by atoms with Crippen LogP contribution in [0.1, 0.15) is 96.8 Å². The second-order valence-corrected chi connectivity index (χ2v) is 14.4. The number of carboxylic acids is 1. The van der Waals surface area contributed by atoms with Gasteiger partial charge in [0.2, 0.25) is 0 Å². The Kier molecular flexibility index (Phi) is 9.29. The van der Waals surface area contributed by atoms with Crippen LogP contribution in [0.2, 0.25) is 0 Å². The van der Waals surface area contributed by atoms with Crippen LogP contribution in [0.3, 0.4) is 0 Å². The molecular formula is C42H47N3O5. The number of ether oxygens (including phenoxy) is 1. The second-order valence-electron chi connectivity index (χ2n) is 14.4. The highest BCUT2D eigenvalue weighted by Crippen LogP contribution is 2.48. The van der Waals surface area contributed by atoms with Gasteiger partial charge in [0.05, 0.1) is 17.8 Å². The maximum absolute atomic E-state index is 14.0. The summed E-state index contributed by atoms with van der Waals surface area (Å²) < 4.78 is 8.33. The van der Waals surface area contributed by atoms with Crippen molar-refractivity contribution in [2.24, 2.45) is 0 Å². The van der Waals surface area contributed by atoms with E-state index in [1.165, 1.54) is 54.3 Å². The molecule has 3 aromatic carbocycles. The molecule has 0 atom stereocenters. The van der Waals surface area contributed by atoms with Crippen LogP contribution in [0, 0.1) is 6.92 Å². The molecule has 4 aromatic rings. The van der Waals surface area contributed by atoms with Gasteiger partial charge in [0.25, 0.3) is 5.91 Å². The van der Waals surface area contributed by atoms with Crippen molar-refractivity contribution in [1.82, 2.24) is 9.88 Å². The fraction of sp³-hybridized carbons (Fsp3) is 0.405. The summed E-state index contributed by atoms with van der Waals surface area (Å²) in [6.07, 6.45) is 11.0. The molecule has 8 nitrogen and oxygen atoms in total. The van der Waals surface area contributed by atoms with Gasteiger partial charge in [-0.3, -0.25) is 9.59 Å². The Balaban J connectivity index is 1.22. The monoisotopic (exact) mass is 673 g/mol. The number of anilines is 1. The van der Waals surface area contributed by atoms with Gasteiger partial charge in [-0.15, -0.1) is 0 Å². The van der Waals surface area contributed by atoms with Crippen LogP contribution in [0.4, 0.5) is 5.69 Å². The number of carbonyl (C=O) groups excluding carboxylic acids is 2. The summed E-state index contributed by atoms with van der Waals surface area (Å²) in [6.45, 7) is 6.15. The van der Waals surface area contributed by atoms with E-state index in [2.05, 4.69) is 46.1 Å². The smallest absolute Gasteiger partial charge is 0.328 e. The summed E-state index contributed by atoms with van der Waals surface area (Å²) in [5.74, 6) is 0.0735. The standard InChI is InChI=1S/C42H47N3O5/c1-4-50-32-15-17-34-35(26-32)44(3)21-22-45-36-25-31(13-16-33(36)39(40(34)45)29-9-6-5-7-10-29)41(49)43-42(19-8-20-42)37(46)24-28-12-11-27(2)30(23-28)14-18-38(47)48/h11-18,23,25-26,29H,4-10,19-22,24H2,1-3H3,(H,43,49)(H,47,48)/b18-14+. The van der Waals surface area contributed by atoms with Crippen LogP contribution in [-0.4, -0.2) is 53.1 Å². The Morgan fingerprint density at radius 2 is 1.78 bits per heavy atom. The number of ketones is 1. The zero-order valence-corrected chi connectivity index (χ0v) is 29.4. The Morgan fingerprint density at radius 3 is 2.50 bits per heavy atom. The van der Waals surface area contributed by atoms with Crippen molar-refractivity contribution in [3.63, 3.8) is 0 Å². The molecule has 0 saturated heterocycles. The SMILES string of the molecule is CCOc1ccc2c(c1)N(C)CCn1c-2c(C2CCCCC2)c2ccc(C(=O)NC3(C(=O)Cc4ccc(C)c(/C=C/C(=O)O)c4)CCC3)cc21. The van der Waals surface area contributed by atoms with Gasteiger partial charge < -0.3 is 24.6 Å². The number of hydrogen-bond acceptors (Lipinski definition) is 5. The third kappa shape index (κ3) is 6.32. The third-order valence-corrected chi connectivity index (χ3v) is 11.2. The van der Waals surface area contributed by atoms with Gasteiger partial charge in [-0.2, -0.15) is 0 Å². The van der Waals surface area contributed by atoms with Crippen LogP contribution >= 0.6 is 0 Å². The minimum Gasteiger partial charge on any atom is -0.494 e. The molecule has 2 aliphatic carbocycles. The summed E-state index contributed by atoms with van der Waals surface area (Å²) in [4.78, 5) is 41.3. The van der Waals surface area contributed by atoms with E-state index in [1.807, 2.05) is 44.2 Å². The predicted molar refractivity (Wildman–Crippen MR) is 198 cm³/mol. The number of aryl methyl sites for hydroxylation is 1. The van der Waals surface area contributed by atoms with Gasteiger partial charge in [-0.25, -0.2) is 4.79 Å². The average Bonchev–Trinajstić information content (AvgIpc) is 3.34. The Bertz CT molecular complexity index is 2000. The van der Waals surface area contributed by atoms with E-state index in [9.17, 15) is 14.4 Å². The van der Waals surface area contributed by atoms with Crippen LogP contribution in [0.25, 0.3) is 28.2 Å². The highest BCUT2D eigenvalue weighted by atomic mass is 16.5. The van der Waals surface area contributed by atoms with Crippen LogP contribution in [-0.2, 0) is 22.6 Å². The van der Waals surface area contributed by atoms with E-state index in [-0.39, 0.29) is 18.1 Å². The van der Waals surface area contributed by atoms with Crippen LogP contribution in [0.15, 0.2) is 60.7 Å². The number of hydrogen-bond donors (Lipinski definition) is 2. The van der Waals surface area contributed by atoms with Crippen molar-refractivity contribution < 1.29 is 24.2 Å².